The van der Waals surface area contributed by atoms with E-state index in [0.717, 1.165) is 28.0 Å². The summed E-state index contributed by atoms with van der Waals surface area (Å²) in [5, 5.41) is 10.1. The molecule has 0 spiro atoms. The second-order valence-electron chi connectivity index (χ2n) is 9.37. The fourth-order valence-electron chi connectivity index (χ4n) is 4.64. The van der Waals surface area contributed by atoms with Gasteiger partial charge in [-0.25, -0.2) is 4.98 Å². The molecule has 7 heteroatoms. The van der Waals surface area contributed by atoms with E-state index in [4.69, 9.17) is 4.98 Å². The molecule has 1 saturated heterocycles. The molecule has 176 valence electrons. The van der Waals surface area contributed by atoms with Crippen molar-refractivity contribution in [3.05, 3.63) is 84.7 Å². The third kappa shape index (κ3) is 4.08. The average Bonchev–Trinajstić information content (AvgIpc) is 3.52. The summed E-state index contributed by atoms with van der Waals surface area (Å²) >= 11 is 0. The number of carbonyl (C=O) groups excluding carboxylic acids is 2. The van der Waals surface area contributed by atoms with Gasteiger partial charge >= 0.3 is 0 Å². The van der Waals surface area contributed by atoms with Crippen LogP contribution in [0.2, 0.25) is 0 Å². The molecule has 6 rings (SSSR count). The minimum Gasteiger partial charge on any atom is -0.380 e. The number of rotatable bonds is 4. The van der Waals surface area contributed by atoms with Crippen LogP contribution in [0, 0.1) is 0 Å². The predicted octanol–water partition coefficient (Wildman–Crippen LogP) is 3.48. The molecule has 4 aromatic rings. The zero-order valence-electron chi connectivity index (χ0n) is 19.3. The Kier molecular flexibility index (Phi) is 5.15. The summed E-state index contributed by atoms with van der Waals surface area (Å²) in [6.07, 6.45) is 5.16. The van der Waals surface area contributed by atoms with Crippen LogP contribution < -0.4 is 0 Å². The average molecular weight is 467 g/mol. The Labute approximate surface area is 203 Å². The molecule has 2 aromatic carbocycles. The van der Waals surface area contributed by atoms with Crippen LogP contribution in [0.3, 0.4) is 0 Å². The summed E-state index contributed by atoms with van der Waals surface area (Å²) in [6, 6.07) is 21.8. The van der Waals surface area contributed by atoms with Gasteiger partial charge in [0.05, 0.1) is 5.69 Å². The Morgan fingerprint density at radius 1 is 0.743 bits per heavy atom. The Balaban J connectivity index is 1.15. The van der Waals surface area contributed by atoms with E-state index in [1.807, 2.05) is 59.1 Å². The second-order valence-corrected chi connectivity index (χ2v) is 9.37. The van der Waals surface area contributed by atoms with Crippen LogP contribution in [-0.2, 0) is 4.79 Å². The largest absolute Gasteiger partial charge is 0.380 e. The number of aromatic nitrogens is 2. The first-order valence-electron chi connectivity index (χ1n) is 12.0. The van der Waals surface area contributed by atoms with Crippen LogP contribution in [0.25, 0.3) is 28.0 Å². The van der Waals surface area contributed by atoms with Gasteiger partial charge in [-0.05, 0) is 48.2 Å². The summed E-state index contributed by atoms with van der Waals surface area (Å²) in [5.41, 5.74) is 4.40. The van der Waals surface area contributed by atoms with Crippen LogP contribution in [-0.4, -0.2) is 67.9 Å². The third-order valence-corrected chi connectivity index (χ3v) is 6.96. The quantitative estimate of drug-likeness (QED) is 0.500. The zero-order valence-corrected chi connectivity index (χ0v) is 19.3. The Morgan fingerprint density at radius 3 is 2.09 bits per heavy atom. The fraction of sp³-hybridized carbons (Fsp3) is 0.250. The molecular formula is C28H26N4O3. The third-order valence-electron chi connectivity index (χ3n) is 6.96. The number of nitrogens with zero attached hydrogens (tertiary/aromatic N) is 4. The Bertz CT molecular complexity index is 1400. The molecule has 3 heterocycles. The van der Waals surface area contributed by atoms with Crippen LogP contribution in [0.4, 0.5) is 0 Å². The van der Waals surface area contributed by atoms with Gasteiger partial charge in [0.15, 0.2) is 0 Å². The minimum atomic E-state index is -1.15. The van der Waals surface area contributed by atoms with Crippen LogP contribution in [0.15, 0.2) is 79.1 Å². The number of amides is 2. The maximum atomic E-state index is 13.0. The van der Waals surface area contributed by atoms with Crippen molar-refractivity contribution in [3.8, 4) is 22.4 Å². The molecule has 2 aromatic heterocycles. The van der Waals surface area contributed by atoms with Gasteiger partial charge in [0.2, 0.25) is 0 Å². The number of hydrogen-bond donors (Lipinski definition) is 1. The van der Waals surface area contributed by atoms with E-state index in [2.05, 4.69) is 24.4 Å². The van der Waals surface area contributed by atoms with E-state index in [1.54, 1.807) is 9.80 Å². The molecule has 1 aliphatic carbocycles. The van der Waals surface area contributed by atoms with Gasteiger partial charge < -0.3 is 19.3 Å². The maximum Gasteiger partial charge on any atom is 0.254 e. The van der Waals surface area contributed by atoms with Crippen molar-refractivity contribution in [1.29, 1.82) is 0 Å². The van der Waals surface area contributed by atoms with Crippen molar-refractivity contribution in [2.45, 2.75) is 18.4 Å². The van der Waals surface area contributed by atoms with E-state index >= 15 is 0 Å². The molecule has 0 radical (unpaired) electrons. The molecular weight excluding hydrogens is 440 g/mol. The molecule has 0 bridgehead atoms. The monoisotopic (exact) mass is 466 g/mol. The van der Waals surface area contributed by atoms with Crippen molar-refractivity contribution in [1.82, 2.24) is 19.2 Å². The van der Waals surface area contributed by atoms with E-state index in [0.29, 0.717) is 44.6 Å². The van der Waals surface area contributed by atoms with Crippen molar-refractivity contribution in [2.75, 3.05) is 26.2 Å². The number of hydrogen-bond acceptors (Lipinski definition) is 4. The number of imidazole rings is 1. The number of fused-ring (bicyclic) bond motifs is 1. The van der Waals surface area contributed by atoms with Crippen LogP contribution in [0.5, 0.6) is 0 Å². The van der Waals surface area contributed by atoms with E-state index in [1.165, 1.54) is 0 Å². The van der Waals surface area contributed by atoms with Gasteiger partial charge in [0.25, 0.3) is 11.8 Å². The second kappa shape index (κ2) is 8.36. The topological polar surface area (TPSA) is 78.2 Å². The minimum absolute atomic E-state index is 0.0451. The van der Waals surface area contributed by atoms with Gasteiger partial charge in [0, 0.05) is 49.7 Å². The lowest BCUT2D eigenvalue weighted by Gasteiger charge is -2.35. The first kappa shape index (κ1) is 21.6. The molecule has 35 heavy (non-hydrogen) atoms. The van der Waals surface area contributed by atoms with E-state index in [9.17, 15) is 14.7 Å². The highest BCUT2D eigenvalue weighted by Crippen LogP contribution is 2.37. The predicted molar refractivity (Wildman–Crippen MR) is 133 cm³/mol. The zero-order chi connectivity index (χ0) is 24.0. The van der Waals surface area contributed by atoms with Crippen molar-refractivity contribution >= 4 is 17.5 Å². The molecule has 1 saturated carbocycles. The lowest BCUT2D eigenvalue weighted by atomic mass is 10.1. The summed E-state index contributed by atoms with van der Waals surface area (Å²) in [4.78, 5) is 33.5. The molecule has 2 amide bonds. The SMILES string of the molecule is O=C(c1ccc(-c2cn3cc(-c4ccccc4)ccc3n2)cc1)N1CCN(C(=O)C2(O)CC2)CC1. The molecule has 7 nitrogen and oxygen atoms in total. The lowest BCUT2D eigenvalue weighted by Crippen LogP contribution is -2.53. The molecule has 0 unspecified atom stereocenters. The molecule has 1 aliphatic heterocycles. The summed E-state index contributed by atoms with van der Waals surface area (Å²) in [5.74, 6) is -0.242. The van der Waals surface area contributed by atoms with Crippen LogP contribution in [0.1, 0.15) is 23.2 Å². The normalized spacial score (nSPS) is 16.9. The number of piperazine rings is 1. The van der Waals surface area contributed by atoms with E-state index < -0.39 is 5.60 Å². The fourth-order valence-corrected chi connectivity index (χ4v) is 4.64. The number of benzene rings is 2. The summed E-state index contributed by atoms with van der Waals surface area (Å²) in [7, 11) is 0. The molecule has 2 fully saturated rings. The number of pyridine rings is 1. The van der Waals surface area contributed by atoms with Gasteiger partial charge in [-0.2, -0.15) is 0 Å². The highest BCUT2D eigenvalue weighted by atomic mass is 16.3. The molecule has 2 aliphatic rings. The first-order chi connectivity index (χ1) is 17.0. The Morgan fingerprint density at radius 2 is 1.40 bits per heavy atom. The van der Waals surface area contributed by atoms with Crippen molar-refractivity contribution in [2.24, 2.45) is 0 Å². The summed E-state index contributed by atoms with van der Waals surface area (Å²) in [6.45, 7) is 1.85. The van der Waals surface area contributed by atoms with Crippen molar-refractivity contribution in [3.63, 3.8) is 0 Å². The maximum absolute atomic E-state index is 13.0. The smallest absolute Gasteiger partial charge is 0.254 e. The Hall–Kier alpha value is -3.97. The number of carbonyl (C=O) groups is 2. The first-order valence-corrected chi connectivity index (χ1v) is 12.0. The molecule has 0 atom stereocenters. The van der Waals surface area contributed by atoms with Gasteiger partial charge in [-0.3, -0.25) is 9.59 Å². The van der Waals surface area contributed by atoms with Gasteiger partial charge in [-0.1, -0.05) is 42.5 Å². The standard InChI is InChI=1S/C28H26N4O3/c33-26(30-14-16-31(17-15-30)27(34)28(35)12-13-28)22-8-6-21(7-9-22)24-19-32-18-23(10-11-25(32)29-24)20-4-2-1-3-5-20/h1-11,18-19,35H,12-17H2. The van der Waals surface area contributed by atoms with E-state index in [-0.39, 0.29) is 11.8 Å². The summed E-state index contributed by atoms with van der Waals surface area (Å²) < 4.78 is 2.02. The highest BCUT2D eigenvalue weighted by molar-refractivity contribution is 5.95. The molecule has 1 N–H and O–H groups in total. The van der Waals surface area contributed by atoms with Gasteiger partial charge in [0.1, 0.15) is 11.2 Å². The van der Waals surface area contributed by atoms with Crippen LogP contribution >= 0.6 is 0 Å². The highest BCUT2D eigenvalue weighted by Gasteiger charge is 2.50. The van der Waals surface area contributed by atoms with Crippen molar-refractivity contribution < 1.29 is 14.7 Å². The lowest BCUT2D eigenvalue weighted by molar-refractivity contribution is -0.143. The number of aliphatic hydroxyl groups is 1. The van der Waals surface area contributed by atoms with Gasteiger partial charge in [-0.15, -0.1) is 0 Å².